The van der Waals surface area contributed by atoms with Crippen LogP contribution in [-0.4, -0.2) is 61.5 Å². The van der Waals surface area contributed by atoms with Gasteiger partial charge in [-0.15, -0.1) is 0 Å². The predicted molar refractivity (Wildman–Crippen MR) is 76.2 cm³/mol. The van der Waals surface area contributed by atoms with Gasteiger partial charge in [-0.1, -0.05) is 6.92 Å². The van der Waals surface area contributed by atoms with Crippen LogP contribution in [0.3, 0.4) is 0 Å². The third kappa shape index (κ3) is 3.95. The van der Waals surface area contributed by atoms with Gasteiger partial charge in [0.25, 0.3) is 0 Å². The molecule has 0 aromatic rings. The summed E-state index contributed by atoms with van der Waals surface area (Å²) in [6.45, 7) is 6.02. The number of carbonyl (C=O) groups is 2. The van der Waals surface area contributed by atoms with Crippen LogP contribution in [-0.2, 0) is 14.3 Å². The normalized spacial score (nSPS) is 25.5. The first-order chi connectivity index (χ1) is 9.60. The molecule has 0 radical (unpaired) electrons. The Morgan fingerprint density at radius 2 is 1.85 bits per heavy atom. The van der Waals surface area contributed by atoms with Crippen molar-refractivity contribution >= 4 is 11.9 Å². The highest BCUT2D eigenvalue weighted by Gasteiger charge is 2.29. The molecule has 0 unspecified atom stereocenters. The van der Waals surface area contributed by atoms with Crippen molar-refractivity contribution < 1.29 is 14.3 Å². The molecule has 0 aromatic carbocycles. The first-order valence-electron chi connectivity index (χ1n) is 7.68. The minimum absolute atomic E-state index is 0.0667. The molecule has 0 aromatic heterocycles. The topological polar surface area (TPSA) is 49.9 Å². The Balaban J connectivity index is 1.80. The van der Waals surface area contributed by atoms with Crippen molar-refractivity contribution in [2.45, 2.75) is 32.6 Å². The lowest BCUT2D eigenvalue weighted by atomic mass is 9.97. The first-order valence-corrected chi connectivity index (χ1v) is 7.68. The zero-order valence-electron chi connectivity index (χ0n) is 12.6. The van der Waals surface area contributed by atoms with Crippen molar-refractivity contribution in [2.24, 2.45) is 11.8 Å². The molecule has 5 nitrogen and oxygen atoms in total. The molecule has 2 saturated heterocycles. The van der Waals surface area contributed by atoms with Crippen molar-refractivity contribution in [3.63, 3.8) is 0 Å². The molecule has 20 heavy (non-hydrogen) atoms. The standard InChI is InChI=1S/C15H26N2O3/c1-12-5-8-17(9-6-12)14(18)11-16-7-3-4-13(10-16)15(19)20-2/h12-13H,3-11H2,1-2H3/t13-/m0/s1. The van der Waals surface area contributed by atoms with Crippen molar-refractivity contribution in [2.75, 3.05) is 39.8 Å². The monoisotopic (exact) mass is 282 g/mol. The molecule has 0 aliphatic carbocycles. The number of hydrogen-bond acceptors (Lipinski definition) is 4. The number of nitrogens with zero attached hydrogens (tertiary/aromatic N) is 2. The quantitative estimate of drug-likeness (QED) is 0.728. The van der Waals surface area contributed by atoms with Crippen LogP contribution in [0.25, 0.3) is 0 Å². The lowest BCUT2D eigenvalue weighted by Gasteiger charge is -2.35. The maximum absolute atomic E-state index is 12.3. The zero-order chi connectivity index (χ0) is 14.5. The second-order valence-electron chi connectivity index (χ2n) is 6.16. The molecular weight excluding hydrogens is 256 g/mol. The SMILES string of the molecule is COC(=O)[C@H]1CCCN(CC(=O)N2CCC(C)CC2)C1. The number of piperidine rings is 2. The lowest BCUT2D eigenvalue weighted by Crippen LogP contribution is -2.47. The highest BCUT2D eigenvalue weighted by molar-refractivity contribution is 5.78. The Bertz CT molecular complexity index is 351. The van der Waals surface area contributed by atoms with Gasteiger partial charge in [-0.2, -0.15) is 0 Å². The Morgan fingerprint density at radius 1 is 1.15 bits per heavy atom. The van der Waals surface area contributed by atoms with Crippen LogP contribution in [0.15, 0.2) is 0 Å². The molecule has 1 atom stereocenters. The molecule has 0 saturated carbocycles. The minimum Gasteiger partial charge on any atom is -0.469 e. The molecule has 5 heteroatoms. The van der Waals surface area contributed by atoms with Crippen molar-refractivity contribution in [3.8, 4) is 0 Å². The summed E-state index contributed by atoms with van der Waals surface area (Å²) in [5.74, 6) is 0.733. The van der Waals surface area contributed by atoms with Crippen molar-refractivity contribution in [3.05, 3.63) is 0 Å². The maximum atomic E-state index is 12.3. The van der Waals surface area contributed by atoms with E-state index in [2.05, 4.69) is 11.8 Å². The first kappa shape index (κ1) is 15.3. The van der Waals surface area contributed by atoms with Crippen LogP contribution < -0.4 is 0 Å². The summed E-state index contributed by atoms with van der Waals surface area (Å²) >= 11 is 0. The van der Waals surface area contributed by atoms with Gasteiger partial charge in [0, 0.05) is 19.6 Å². The second kappa shape index (κ2) is 7.07. The van der Waals surface area contributed by atoms with Gasteiger partial charge in [0.05, 0.1) is 19.6 Å². The lowest BCUT2D eigenvalue weighted by molar-refractivity contribution is -0.148. The van der Waals surface area contributed by atoms with Gasteiger partial charge in [0.15, 0.2) is 0 Å². The van der Waals surface area contributed by atoms with Crippen molar-refractivity contribution in [1.82, 2.24) is 9.80 Å². The molecular formula is C15H26N2O3. The third-order valence-electron chi connectivity index (χ3n) is 4.54. The van der Waals surface area contributed by atoms with Crippen LogP contribution in [0.2, 0.25) is 0 Å². The number of methoxy groups -OCH3 is 1. The summed E-state index contributed by atoms with van der Waals surface area (Å²) in [5.41, 5.74) is 0. The summed E-state index contributed by atoms with van der Waals surface area (Å²) in [5, 5.41) is 0. The van der Waals surface area contributed by atoms with E-state index in [9.17, 15) is 9.59 Å². The predicted octanol–water partition coefficient (Wildman–Crippen LogP) is 1.13. The van der Waals surface area contributed by atoms with E-state index in [-0.39, 0.29) is 17.8 Å². The van der Waals surface area contributed by atoms with Gasteiger partial charge < -0.3 is 9.64 Å². The molecule has 1 amide bonds. The average molecular weight is 282 g/mol. The van der Waals surface area contributed by atoms with E-state index in [0.29, 0.717) is 13.1 Å². The Kier molecular flexibility index (Phi) is 5.40. The van der Waals surface area contributed by atoms with Gasteiger partial charge in [0.2, 0.25) is 5.91 Å². The van der Waals surface area contributed by atoms with Crippen molar-refractivity contribution in [1.29, 1.82) is 0 Å². The highest BCUT2D eigenvalue weighted by Crippen LogP contribution is 2.19. The zero-order valence-corrected chi connectivity index (χ0v) is 12.6. The Labute approximate surface area is 121 Å². The summed E-state index contributed by atoms with van der Waals surface area (Å²) in [4.78, 5) is 28.0. The number of rotatable bonds is 3. The van der Waals surface area contributed by atoms with E-state index in [1.54, 1.807) is 0 Å². The maximum Gasteiger partial charge on any atom is 0.309 e. The summed E-state index contributed by atoms with van der Waals surface area (Å²) in [6.07, 6.45) is 4.05. The van der Waals surface area contributed by atoms with Crippen LogP contribution >= 0.6 is 0 Å². The number of amides is 1. The molecule has 2 aliphatic heterocycles. The smallest absolute Gasteiger partial charge is 0.309 e. The van der Waals surface area contributed by atoms with E-state index in [1.807, 2.05) is 4.90 Å². The Morgan fingerprint density at radius 3 is 2.50 bits per heavy atom. The van der Waals surface area contributed by atoms with E-state index in [1.165, 1.54) is 7.11 Å². The Hall–Kier alpha value is -1.10. The molecule has 0 bridgehead atoms. The van der Waals surface area contributed by atoms with Crippen LogP contribution in [0.5, 0.6) is 0 Å². The van der Waals surface area contributed by atoms with E-state index in [0.717, 1.165) is 51.2 Å². The van der Waals surface area contributed by atoms with Crippen LogP contribution in [0.1, 0.15) is 32.6 Å². The summed E-state index contributed by atoms with van der Waals surface area (Å²) in [6, 6.07) is 0. The van der Waals surface area contributed by atoms with Gasteiger partial charge in [-0.25, -0.2) is 0 Å². The summed E-state index contributed by atoms with van der Waals surface area (Å²) < 4.78 is 4.81. The van der Waals surface area contributed by atoms with Gasteiger partial charge in [0.1, 0.15) is 0 Å². The van der Waals surface area contributed by atoms with E-state index in [4.69, 9.17) is 4.74 Å². The fraction of sp³-hybridized carbons (Fsp3) is 0.867. The van der Waals surface area contributed by atoms with Gasteiger partial charge in [-0.05, 0) is 38.1 Å². The second-order valence-corrected chi connectivity index (χ2v) is 6.16. The average Bonchev–Trinajstić information content (AvgIpc) is 2.47. The molecule has 0 spiro atoms. The molecule has 2 rings (SSSR count). The van der Waals surface area contributed by atoms with Crippen LogP contribution in [0.4, 0.5) is 0 Å². The number of hydrogen-bond donors (Lipinski definition) is 0. The number of likely N-dealkylation sites (tertiary alicyclic amines) is 2. The summed E-state index contributed by atoms with van der Waals surface area (Å²) in [7, 11) is 1.43. The molecule has 2 aliphatic rings. The molecule has 0 N–H and O–H groups in total. The number of esters is 1. The van der Waals surface area contributed by atoms with E-state index < -0.39 is 0 Å². The van der Waals surface area contributed by atoms with Gasteiger partial charge in [-0.3, -0.25) is 14.5 Å². The fourth-order valence-electron chi connectivity index (χ4n) is 3.11. The number of ether oxygens (including phenoxy) is 1. The van der Waals surface area contributed by atoms with E-state index >= 15 is 0 Å². The molecule has 114 valence electrons. The minimum atomic E-state index is -0.144. The fourth-order valence-corrected chi connectivity index (χ4v) is 3.11. The van der Waals surface area contributed by atoms with Crippen LogP contribution in [0, 0.1) is 11.8 Å². The molecule has 2 fully saturated rings. The van der Waals surface area contributed by atoms with Gasteiger partial charge >= 0.3 is 5.97 Å². The molecule has 2 heterocycles. The number of carbonyl (C=O) groups excluding carboxylic acids is 2. The largest absolute Gasteiger partial charge is 0.469 e. The highest BCUT2D eigenvalue weighted by atomic mass is 16.5. The third-order valence-corrected chi connectivity index (χ3v) is 4.54.